The molecule has 0 fully saturated rings. The van der Waals surface area contributed by atoms with E-state index in [-0.39, 0.29) is 6.92 Å². The average Bonchev–Trinajstić information content (AvgIpc) is 2.15. The first-order valence-electron chi connectivity index (χ1n) is 3.79. The molecule has 1 atom stereocenters. The van der Waals surface area contributed by atoms with Crippen LogP contribution >= 0.6 is 0 Å². The van der Waals surface area contributed by atoms with E-state index in [1.807, 2.05) is 0 Å². The molecule has 0 N–H and O–H groups in total. The van der Waals surface area contributed by atoms with E-state index in [4.69, 9.17) is 0 Å². The highest BCUT2D eigenvalue weighted by molar-refractivity contribution is 5.15. The Hall–Kier alpha value is -0.960. The SMILES string of the molecule is CC(F)C(F)(F)C(F)(F)C(F)(F)C(F)=C(F)F. The average molecular weight is 278 g/mol. The molecule has 17 heavy (non-hydrogen) atoms. The lowest BCUT2D eigenvalue weighted by atomic mass is 10.0. The van der Waals surface area contributed by atoms with Crippen LogP contribution in [0.4, 0.5) is 43.9 Å². The van der Waals surface area contributed by atoms with Gasteiger partial charge in [-0.25, -0.2) is 4.39 Å². The van der Waals surface area contributed by atoms with Crippen LogP contribution in [0.15, 0.2) is 11.9 Å². The first-order valence-corrected chi connectivity index (χ1v) is 3.79. The van der Waals surface area contributed by atoms with Crippen molar-refractivity contribution in [3.05, 3.63) is 11.9 Å². The van der Waals surface area contributed by atoms with Crippen molar-refractivity contribution in [2.75, 3.05) is 0 Å². The summed E-state index contributed by atoms with van der Waals surface area (Å²) in [7, 11) is 0. The fraction of sp³-hybridized carbons (Fsp3) is 0.714. The van der Waals surface area contributed by atoms with Crippen LogP contribution < -0.4 is 0 Å². The molecule has 0 aromatic rings. The van der Waals surface area contributed by atoms with Gasteiger partial charge >= 0.3 is 23.8 Å². The number of allylic oxidation sites excluding steroid dienone is 1. The van der Waals surface area contributed by atoms with E-state index in [1.165, 1.54) is 0 Å². The van der Waals surface area contributed by atoms with Crippen molar-refractivity contribution in [2.45, 2.75) is 30.9 Å². The normalized spacial score (nSPS) is 15.7. The molecule has 0 bridgehead atoms. The van der Waals surface area contributed by atoms with Gasteiger partial charge in [-0.05, 0) is 6.92 Å². The molecule has 0 heterocycles. The third-order valence-corrected chi connectivity index (χ3v) is 1.75. The van der Waals surface area contributed by atoms with Gasteiger partial charge in [-0.3, -0.25) is 0 Å². The Bertz CT molecular complexity index is 311. The van der Waals surface area contributed by atoms with Crippen molar-refractivity contribution in [3.8, 4) is 0 Å². The molecule has 0 radical (unpaired) electrons. The lowest BCUT2D eigenvalue weighted by Gasteiger charge is -2.32. The molecule has 102 valence electrons. The number of hydrogen-bond acceptors (Lipinski definition) is 0. The highest BCUT2D eigenvalue weighted by Crippen LogP contribution is 2.52. The van der Waals surface area contributed by atoms with Crippen molar-refractivity contribution in [3.63, 3.8) is 0 Å². The molecule has 0 saturated heterocycles. The standard InChI is InChI=1S/C7H4F10/c1-2(8)5(12,13)7(16,17)6(14,15)3(9)4(10)11/h2H,1H3. The van der Waals surface area contributed by atoms with Crippen LogP contribution in [0.5, 0.6) is 0 Å². The molecule has 1 unspecified atom stereocenters. The van der Waals surface area contributed by atoms with Gasteiger partial charge in [0, 0.05) is 0 Å². The minimum absolute atomic E-state index is 0.197. The minimum atomic E-state index is -6.64. The Kier molecular flexibility index (Phi) is 4.13. The second kappa shape index (κ2) is 4.37. The first-order chi connectivity index (χ1) is 7.30. The van der Waals surface area contributed by atoms with Gasteiger partial charge in [0.15, 0.2) is 6.17 Å². The number of halogens is 10. The lowest BCUT2D eigenvalue weighted by molar-refractivity contribution is -0.315. The van der Waals surface area contributed by atoms with Gasteiger partial charge in [0.1, 0.15) is 0 Å². The summed E-state index contributed by atoms with van der Waals surface area (Å²) in [5.74, 6) is -23.2. The summed E-state index contributed by atoms with van der Waals surface area (Å²) in [6, 6.07) is 0. The molecule has 0 saturated carbocycles. The van der Waals surface area contributed by atoms with E-state index in [2.05, 4.69) is 0 Å². The Labute approximate surface area is 87.9 Å². The van der Waals surface area contributed by atoms with E-state index < -0.39 is 35.8 Å². The molecule has 0 nitrogen and oxygen atoms in total. The smallest absolute Gasteiger partial charge is 0.241 e. The van der Waals surface area contributed by atoms with Gasteiger partial charge in [-0.2, -0.15) is 39.5 Å². The summed E-state index contributed by atoms with van der Waals surface area (Å²) in [5.41, 5.74) is 0. The maximum absolute atomic E-state index is 12.5. The van der Waals surface area contributed by atoms with Crippen molar-refractivity contribution < 1.29 is 43.9 Å². The van der Waals surface area contributed by atoms with Crippen molar-refractivity contribution in [1.82, 2.24) is 0 Å². The highest BCUT2D eigenvalue weighted by Gasteiger charge is 2.76. The third kappa shape index (κ3) is 2.34. The first kappa shape index (κ1) is 16.0. The third-order valence-electron chi connectivity index (χ3n) is 1.75. The minimum Gasteiger partial charge on any atom is -0.241 e. The summed E-state index contributed by atoms with van der Waals surface area (Å²) >= 11 is 0. The maximum atomic E-state index is 12.5. The monoisotopic (exact) mass is 278 g/mol. The van der Waals surface area contributed by atoms with Gasteiger partial charge in [-0.15, -0.1) is 0 Å². The van der Waals surface area contributed by atoms with E-state index in [9.17, 15) is 43.9 Å². The highest BCUT2D eigenvalue weighted by atomic mass is 19.4. The molecule has 0 spiro atoms. The Morgan fingerprint density at radius 2 is 1.24 bits per heavy atom. The topological polar surface area (TPSA) is 0 Å². The molecule has 0 aliphatic rings. The fourth-order valence-corrected chi connectivity index (χ4v) is 0.716. The number of hydrogen-bond donors (Lipinski definition) is 0. The quantitative estimate of drug-likeness (QED) is 0.671. The Morgan fingerprint density at radius 3 is 1.47 bits per heavy atom. The zero-order valence-corrected chi connectivity index (χ0v) is 7.86. The van der Waals surface area contributed by atoms with Crippen LogP contribution in [-0.2, 0) is 0 Å². The van der Waals surface area contributed by atoms with E-state index >= 15 is 0 Å². The van der Waals surface area contributed by atoms with E-state index in [1.54, 1.807) is 0 Å². The summed E-state index contributed by atoms with van der Waals surface area (Å²) < 4.78 is 121. The van der Waals surface area contributed by atoms with E-state index in [0.717, 1.165) is 0 Å². The molecule has 0 rings (SSSR count). The number of rotatable bonds is 4. The van der Waals surface area contributed by atoms with Crippen molar-refractivity contribution >= 4 is 0 Å². The predicted octanol–water partition coefficient (Wildman–Crippen LogP) is 4.33. The molecular formula is C7H4F10. The summed E-state index contributed by atoms with van der Waals surface area (Å²) in [5, 5.41) is 0. The van der Waals surface area contributed by atoms with Gasteiger partial charge in [0.25, 0.3) is 0 Å². The van der Waals surface area contributed by atoms with Gasteiger partial charge < -0.3 is 0 Å². The van der Waals surface area contributed by atoms with Gasteiger partial charge in [0.2, 0.25) is 5.83 Å². The second-order valence-electron chi connectivity index (χ2n) is 2.96. The van der Waals surface area contributed by atoms with Crippen LogP contribution in [-0.4, -0.2) is 23.9 Å². The van der Waals surface area contributed by atoms with Gasteiger partial charge in [0.05, 0.1) is 0 Å². The lowest BCUT2D eigenvalue weighted by Crippen LogP contribution is -2.58. The fourth-order valence-electron chi connectivity index (χ4n) is 0.716. The van der Waals surface area contributed by atoms with E-state index in [0.29, 0.717) is 0 Å². The van der Waals surface area contributed by atoms with Crippen LogP contribution in [0.3, 0.4) is 0 Å². The maximum Gasteiger partial charge on any atom is 0.381 e. The van der Waals surface area contributed by atoms with Gasteiger partial charge in [-0.1, -0.05) is 0 Å². The second-order valence-corrected chi connectivity index (χ2v) is 2.96. The van der Waals surface area contributed by atoms with Crippen LogP contribution in [0.25, 0.3) is 0 Å². The zero-order chi connectivity index (χ0) is 14.2. The molecule has 0 amide bonds. The summed E-state index contributed by atoms with van der Waals surface area (Å²) in [6.45, 7) is -0.197. The zero-order valence-electron chi connectivity index (χ0n) is 7.86. The summed E-state index contributed by atoms with van der Waals surface area (Å²) in [4.78, 5) is 0. The van der Waals surface area contributed by atoms with Crippen LogP contribution in [0.2, 0.25) is 0 Å². The summed E-state index contributed by atoms with van der Waals surface area (Å²) in [6.07, 6.45) is -7.68. The molecule has 0 aromatic carbocycles. The number of alkyl halides is 7. The van der Waals surface area contributed by atoms with Crippen LogP contribution in [0.1, 0.15) is 6.92 Å². The predicted molar refractivity (Wildman–Crippen MR) is 35.8 cm³/mol. The Balaban J connectivity index is 5.70. The van der Waals surface area contributed by atoms with Crippen LogP contribution in [0, 0.1) is 0 Å². The molecule has 0 aromatic heterocycles. The Morgan fingerprint density at radius 1 is 0.882 bits per heavy atom. The molecule has 0 aliphatic heterocycles. The van der Waals surface area contributed by atoms with Crippen molar-refractivity contribution in [2.24, 2.45) is 0 Å². The molecule has 0 aliphatic carbocycles. The molecular weight excluding hydrogens is 274 g/mol. The molecule has 10 heteroatoms. The largest absolute Gasteiger partial charge is 0.381 e. The van der Waals surface area contributed by atoms with Crippen molar-refractivity contribution in [1.29, 1.82) is 0 Å².